The van der Waals surface area contributed by atoms with Crippen molar-refractivity contribution in [3.63, 3.8) is 0 Å². The van der Waals surface area contributed by atoms with E-state index in [4.69, 9.17) is 14.2 Å². The van der Waals surface area contributed by atoms with E-state index in [2.05, 4.69) is 10.6 Å². The van der Waals surface area contributed by atoms with Crippen molar-refractivity contribution < 1.29 is 28.6 Å². The smallest absolute Gasteiger partial charge is 0.306 e. The number of hydrogen-bond acceptors (Lipinski definition) is 6. The van der Waals surface area contributed by atoms with E-state index in [-0.39, 0.29) is 18.7 Å². The van der Waals surface area contributed by atoms with Gasteiger partial charge in [-0.05, 0) is 77.9 Å². The van der Waals surface area contributed by atoms with E-state index in [9.17, 15) is 14.4 Å². The molecule has 0 unspecified atom stereocenters. The lowest BCUT2D eigenvalue weighted by atomic mass is 10.1. The maximum atomic E-state index is 12.2. The van der Waals surface area contributed by atoms with Crippen molar-refractivity contribution in [3.05, 3.63) is 91.0 Å². The summed E-state index contributed by atoms with van der Waals surface area (Å²) in [5, 5.41) is 7.66. The lowest BCUT2D eigenvalue weighted by Crippen LogP contribution is -2.21. The minimum absolute atomic E-state index is 0.0295. The summed E-state index contributed by atoms with van der Waals surface area (Å²) in [6.07, 6.45) is 0.470. The molecule has 8 nitrogen and oxygen atoms in total. The van der Waals surface area contributed by atoms with E-state index in [1.54, 1.807) is 55.6 Å². The Morgan fingerprint density at radius 2 is 1.26 bits per heavy atom. The first-order chi connectivity index (χ1) is 18.5. The first kappa shape index (κ1) is 26.2. The Morgan fingerprint density at radius 3 is 1.95 bits per heavy atom. The van der Waals surface area contributed by atoms with Gasteiger partial charge in [-0.25, -0.2) is 0 Å². The summed E-state index contributed by atoms with van der Waals surface area (Å²) < 4.78 is 16.0. The Morgan fingerprint density at radius 1 is 0.658 bits per heavy atom. The largest absolute Gasteiger partial charge is 0.497 e. The highest BCUT2D eigenvalue weighted by atomic mass is 16.5. The Labute approximate surface area is 220 Å². The van der Waals surface area contributed by atoms with Crippen molar-refractivity contribution in [3.8, 4) is 17.2 Å². The average Bonchev–Trinajstić information content (AvgIpc) is 2.93. The number of benzene rings is 4. The topological polar surface area (TPSA) is 103 Å². The van der Waals surface area contributed by atoms with Crippen LogP contribution in [0.4, 0.5) is 11.4 Å². The molecule has 8 heteroatoms. The molecule has 0 bridgehead atoms. The van der Waals surface area contributed by atoms with Crippen molar-refractivity contribution in [2.24, 2.45) is 0 Å². The number of rotatable bonds is 11. The zero-order chi connectivity index (χ0) is 26.7. The predicted molar refractivity (Wildman–Crippen MR) is 146 cm³/mol. The fourth-order valence-electron chi connectivity index (χ4n) is 3.68. The van der Waals surface area contributed by atoms with Crippen molar-refractivity contribution in [1.29, 1.82) is 0 Å². The van der Waals surface area contributed by atoms with Crippen LogP contribution in [-0.2, 0) is 19.1 Å². The van der Waals surface area contributed by atoms with E-state index < -0.39 is 18.5 Å². The Bertz CT molecular complexity index is 1400. The van der Waals surface area contributed by atoms with Crippen LogP contribution in [0.25, 0.3) is 10.8 Å². The monoisotopic (exact) mass is 512 g/mol. The molecule has 2 N–H and O–H groups in total. The molecule has 4 rings (SSSR count). The minimum atomic E-state index is -0.544. The normalized spacial score (nSPS) is 10.4. The number of amides is 2. The minimum Gasteiger partial charge on any atom is -0.497 e. The van der Waals surface area contributed by atoms with E-state index in [1.165, 1.54) is 0 Å². The highest BCUT2D eigenvalue weighted by molar-refractivity contribution is 5.93. The molecular formula is C30H28N2O6. The van der Waals surface area contributed by atoms with Crippen LogP contribution in [0.1, 0.15) is 19.3 Å². The van der Waals surface area contributed by atoms with Crippen LogP contribution in [-0.4, -0.2) is 31.5 Å². The summed E-state index contributed by atoms with van der Waals surface area (Å²) in [4.78, 5) is 36.1. The molecule has 0 saturated heterocycles. The second-order valence-corrected chi connectivity index (χ2v) is 8.47. The average molecular weight is 513 g/mol. The van der Waals surface area contributed by atoms with Gasteiger partial charge in [0.2, 0.25) is 5.91 Å². The Hall–Kier alpha value is -4.85. The highest BCUT2D eigenvalue weighted by Crippen LogP contribution is 2.26. The molecule has 0 heterocycles. The van der Waals surface area contributed by atoms with E-state index >= 15 is 0 Å². The number of nitrogens with one attached hydrogen (secondary N) is 2. The van der Waals surface area contributed by atoms with Gasteiger partial charge in [0.05, 0.1) is 7.11 Å². The summed E-state index contributed by atoms with van der Waals surface area (Å²) in [7, 11) is 1.55. The van der Waals surface area contributed by atoms with Crippen LogP contribution in [0.3, 0.4) is 0 Å². The van der Waals surface area contributed by atoms with Crippen LogP contribution in [0, 0.1) is 0 Å². The second kappa shape index (κ2) is 12.9. The number of ether oxygens (including phenoxy) is 3. The SMILES string of the molecule is COc1ccc(NC(=O)COC(=O)CCCC(=O)Nc2ccc(Oc3ccc4ccccc4c3)cc2)cc1. The van der Waals surface area contributed by atoms with Gasteiger partial charge in [0.25, 0.3) is 5.91 Å². The number of anilines is 2. The van der Waals surface area contributed by atoms with E-state index in [0.717, 1.165) is 16.5 Å². The Kier molecular flexibility index (Phi) is 8.91. The summed E-state index contributed by atoms with van der Waals surface area (Å²) in [5.41, 5.74) is 1.19. The van der Waals surface area contributed by atoms with Crippen LogP contribution < -0.4 is 20.1 Å². The summed E-state index contributed by atoms with van der Waals surface area (Å²) >= 11 is 0. The van der Waals surface area contributed by atoms with Crippen LogP contribution in [0.2, 0.25) is 0 Å². The third-order valence-corrected chi connectivity index (χ3v) is 5.62. The third kappa shape index (κ3) is 7.83. The second-order valence-electron chi connectivity index (χ2n) is 8.47. The summed E-state index contributed by atoms with van der Waals surface area (Å²) in [5.74, 6) is 0.828. The maximum absolute atomic E-state index is 12.2. The van der Waals surface area contributed by atoms with Gasteiger partial charge < -0.3 is 24.8 Å². The van der Waals surface area contributed by atoms with Gasteiger partial charge >= 0.3 is 5.97 Å². The van der Waals surface area contributed by atoms with E-state index in [1.807, 2.05) is 42.5 Å². The van der Waals surface area contributed by atoms with Crippen LogP contribution in [0.5, 0.6) is 17.2 Å². The van der Waals surface area contributed by atoms with Gasteiger partial charge in [-0.1, -0.05) is 30.3 Å². The van der Waals surface area contributed by atoms with Gasteiger partial charge in [-0.15, -0.1) is 0 Å². The summed E-state index contributed by atoms with van der Waals surface area (Å²) in [6, 6.07) is 27.8. The van der Waals surface area contributed by atoms with Gasteiger partial charge in [-0.2, -0.15) is 0 Å². The standard InChI is InChI=1S/C30H28N2O6/c1-36-25-15-10-24(11-16-25)32-29(34)20-37-30(35)8-4-7-28(33)31-23-12-17-26(18-13-23)38-27-14-9-21-5-2-3-6-22(21)19-27/h2-3,5-6,9-19H,4,7-8,20H2,1H3,(H,31,33)(H,32,34). The number of fused-ring (bicyclic) bond motifs is 1. The zero-order valence-electron chi connectivity index (χ0n) is 20.9. The van der Waals surface area contributed by atoms with Gasteiger partial charge in [0, 0.05) is 24.2 Å². The molecule has 0 saturated carbocycles. The number of methoxy groups -OCH3 is 1. The quantitative estimate of drug-likeness (QED) is 0.242. The van der Waals surface area contributed by atoms with Crippen molar-refractivity contribution >= 4 is 39.9 Å². The predicted octanol–water partition coefficient (Wildman–Crippen LogP) is 5.93. The van der Waals surface area contributed by atoms with Crippen LogP contribution >= 0.6 is 0 Å². The van der Waals surface area contributed by atoms with E-state index in [0.29, 0.717) is 29.3 Å². The summed E-state index contributed by atoms with van der Waals surface area (Å²) in [6.45, 7) is -0.398. The first-order valence-corrected chi connectivity index (χ1v) is 12.1. The molecule has 0 fully saturated rings. The molecule has 4 aromatic rings. The molecule has 0 aliphatic rings. The number of carbonyl (C=O) groups is 3. The molecule has 38 heavy (non-hydrogen) atoms. The van der Waals surface area contributed by atoms with Crippen molar-refractivity contribution in [2.75, 3.05) is 24.4 Å². The molecule has 2 amide bonds. The van der Waals surface area contributed by atoms with Crippen molar-refractivity contribution in [1.82, 2.24) is 0 Å². The molecule has 194 valence electrons. The third-order valence-electron chi connectivity index (χ3n) is 5.62. The zero-order valence-corrected chi connectivity index (χ0v) is 20.9. The van der Waals surface area contributed by atoms with Crippen LogP contribution in [0.15, 0.2) is 91.0 Å². The fourth-order valence-corrected chi connectivity index (χ4v) is 3.68. The number of carbonyl (C=O) groups excluding carboxylic acids is 3. The lowest BCUT2D eigenvalue weighted by Gasteiger charge is -2.09. The molecule has 0 aliphatic heterocycles. The first-order valence-electron chi connectivity index (χ1n) is 12.1. The lowest BCUT2D eigenvalue weighted by molar-refractivity contribution is -0.147. The number of hydrogen-bond donors (Lipinski definition) is 2. The molecule has 0 spiro atoms. The number of esters is 1. The maximum Gasteiger partial charge on any atom is 0.306 e. The highest BCUT2D eigenvalue weighted by Gasteiger charge is 2.10. The molecule has 0 aromatic heterocycles. The van der Waals surface area contributed by atoms with Gasteiger partial charge in [0.1, 0.15) is 17.2 Å². The molecule has 0 atom stereocenters. The van der Waals surface area contributed by atoms with Gasteiger partial charge in [0.15, 0.2) is 6.61 Å². The van der Waals surface area contributed by atoms with Gasteiger partial charge in [-0.3, -0.25) is 14.4 Å². The molecular weight excluding hydrogens is 484 g/mol. The Balaban J connectivity index is 1.14. The fraction of sp³-hybridized carbons (Fsp3) is 0.167. The molecule has 0 aliphatic carbocycles. The van der Waals surface area contributed by atoms with Crippen molar-refractivity contribution in [2.45, 2.75) is 19.3 Å². The molecule has 0 radical (unpaired) electrons. The molecule has 4 aromatic carbocycles.